The van der Waals surface area contributed by atoms with Gasteiger partial charge in [-0.1, -0.05) is 0 Å². The molecule has 1 aromatic carbocycles. The van der Waals surface area contributed by atoms with Crippen molar-refractivity contribution in [1.29, 1.82) is 0 Å². The fraction of sp³-hybridized carbons (Fsp3) is 0.200. The van der Waals surface area contributed by atoms with Gasteiger partial charge in [-0.2, -0.15) is 5.10 Å². The number of amides is 1. The number of aromatic hydroxyl groups is 1. The third-order valence-corrected chi connectivity index (χ3v) is 3.20. The molecule has 0 bridgehead atoms. The van der Waals surface area contributed by atoms with Crippen molar-refractivity contribution in [3.63, 3.8) is 0 Å². The van der Waals surface area contributed by atoms with Gasteiger partial charge in [-0.3, -0.25) is 14.6 Å². The number of H-pyrrole nitrogens is 2. The highest BCUT2D eigenvalue weighted by atomic mass is 16.5. The highest BCUT2D eigenvalue weighted by molar-refractivity contribution is 5.84. The molecule has 1 heterocycles. The molecule has 1 aromatic heterocycles. The van der Waals surface area contributed by atoms with Crippen molar-refractivity contribution in [1.82, 2.24) is 15.4 Å². The van der Waals surface area contributed by atoms with E-state index in [1.807, 2.05) is 0 Å². The van der Waals surface area contributed by atoms with Gasteiger partial charge in [0.2, 0.25) is 5.91 Å². The fourth-order valence-electron chi connectivity index (χ4n) is 1.99. The average molecular weight is 332 g/mol. The Hall–Kier alpha value is -3.36. The van der Waals surface area contributed by atoms with Gasteiger partial charge >= 0.3 is 5.69 Å². The SMILES string of the molecule is COc1cc(/C=N\NC(=O)Cc2c(C)[nH]c(=O)[nH]c2=O)ccc1O. The molecule has 0 radical (unpaired) electrons. The van der Waals surface area contributed by atoms with Crippen LogP contribution in [0, 0.1) is 6.92 Å². The fourth-order valence-corrected chi connectivity index (χ4v) is 1.99. The second-order valence-electron chi connectivity index (χ2n) is 4.91. The molecular formula is C15H16N4O5. The quantitative estimate of drug-likeness (QED) is 0.443. The summed E-state index contributed by atoms with van der Waals surface area (Å²) in [4.78, 5) is 39.1. The molecule has 0 unspecified atom stereocenters. The largest absolute Gasteiger partial charge is 0.504 e. The van der Waals surface area contributed by atoms with Crippen molar-refractivity contribution >= 4 is 12.1 Å². The van der Waals surface area contributed by atoms with Crippen molar-refractivity contribution in [3.05, 3.63) is 55.9 Å². The summed E-state index contributed by atoms with van der Waals surface area (Å²) in [6, 6.07) is 4.57. The number of aryl methyl sites for hydroxylation is 1. The van der Waals surface area contributed by atoms with E-state index in [1.54, 1.807) is 12.1 Å². The zero-order valence-corrected chi connectivity index (χ0v) is 13.0. The predicted octanol–water partition coefficient (Wildman–Crippen LogP) is -0.221. The lowest BCUT2D eigenvalue weighted by molar-refractivity contribution is -0.120. The number of phenols is 1. The maximum absolute atomic E-state index is 11.8. The van der Waals surface area contributed by atoms with Gasteiger partial charge in [0.1, 0.15) is 0 Å². The first kappa shape index (κ1) is 17.0. The molecule has 2 aromatic rings. The van der Waals surface area contributed by atoms with Crippen molar-refractivity contribution in [2.75, 3.05) is 7.11 Å². The second kappa shape index (κ2) is 7.27. The van der Waals surface area contributed by atoms with E-state index in [4.69, 9.17) is 4.74 Å². The maximum Gasteiger partial charge on any atom is 0.325 e. The van der Waals surface area contributed by atoms with E-state index in [9.17, 15) is 19.5 Å². The van der Waals surface area contributed by atoms with Gasteiger partial charge in [0.25, 0.3) is 5.56 Å². The Morgan fingerprint density at radius 2 is 2.12 bits per heavy atom. The molecule has 2 rings (SSSR count). The Bertz CT molecular complexity index is 897. The lowest BCUT2D eigenvalue weighted by Gasteiger charge is -2.04. The summed E-state index contributed by atoms with van der Waals surface area (Å²) >= 11 is 0. The number of benzene rings is 1. The van der Waals surface area contributed by atoms with Crippen molar-refractivity contribution in [2.24, 2.45) is 5.10 Å². The second-order valence-corrected chi connectivity index (χ2v) is 4.91. The third-order valence-electron chi connectivity index (χ3n) is 3.20. The number of hydrazone groups is 1. The molecule has 126 valence electrons. The lowest BCUT2D eigenvalue weighted by atomic mass is 10.1. The number of hydrogen-bond acceptors (Lipinski definition) is 6. The Morgan fingerprint density at radius 3 is 2.79 bits per heavy atom. The normalized spacial score (nSPS) is 10.8. The van der Waals surface area contributed by atoms with Gasteiger partial charge in [0.05, 0.1) is 19.7 Å². The number of carbonyl (C=O) groups excluding carboxylic acids is 1. The Kier molecular flexibility index (Phi) is 5.15. The molecule has 0 aliphatic heterocycles. The van der Waals surface area contributed by atoms with Crippen molar-refractivity contribution < 1.29 is 14.6 Å². The molecule has 9 nitrogen and oxygen atoms in total. The molecule has 0 saturated carbocycles. The molecule has 24 heavy (non-hydrogen) atoms. The van der Waals surface area contributed by atoms with Crippen LogP contribution in [0.15, 0.2) is 32.9 Å². The van der Waals surface area contributed by atoms with Crippen LogP contribution >= 0.6 is 0 Å². The van der Waals surface area contributed by atoms with Gasteiger partial charge in [-0.05, 0) is 30.7 Å². The van der Waals surface area contributed by atoms with Crippen molar-refractivity contribution in [3.8, 4) is 11.5 Å². The van der Waals surface area contributed by atoms with Crippen LogP contribution in [0.5, 0.6) is 11.5 Å². The number of aromatic amines is 2. The number of phenolic OH excluding ortho intramolecular Hbond substituents is 1. The minimum absolute atomic E-state index is 0.00791. The summed E-state index contributed by atoms with van der Waals surface area (Å²) in [6.07, 6.45) is 1.14. The molecule has 0 atom stereocenters. The Morgan fingerprint density at radius 1 is 1.38 bits per heavy atom. The topological polar surface area (TPSA) is 137 Å². The van der Waals surface area contributed by atoms with Crippen LogP contribution in [0.3, 0.4) is 0 Å². The molecule has 4 N–H and O–H groups in total. The van der Waals surface area contributed by atoms with E-state index in [2.05, 4.69) is 20.5 Å². The molecule has 9 heteroatoms. The van der Waals surface area contributed by atoms with Crippen LogP contribution in [0.25, 0.3) is 0 Å². The van der Waals surface area contributed by atoms with Crippen LogP contribution in [0.1, 0.15) is 16.8 Å². The smallest absolute Gasteiger partial charge is 0.325 e. The van der Waals surface area contributed by atoms with Crippen LogP contribution in [0.2, 0.25) is 0 Å². The summed E-state index contributed by atoms with van der Waals surface area (Å²) in [7, 11) is 1.42. The lowest BCUT2D eigenvalue weighted by Crippen LogP contribution is -2.30. The van der Waals surface area contributed by atoms with Gasteiger partial charge in [-0.15, -0.1) is 0 Å². The summed E-state index contributed by atoms with van der Waals surface area (Å²) in [5.74, 6) is -0.246. The Labute approximate surface area is 136 Å². The molecule has 0 saturated heterocycles. The van der Waals surface area contributed by atoms with Crippen LogP contribution in [-0.4, -0.2) is 34.3 Å². The number of aromatic nitrogens is 2. The van der Waals surface area contributed by atoms with Gasteiger partial charge in [0, 0.05) is 11.3 Å². The van der Waals surface area contributed by atoms with E-state index in [0.29, 0.717) is 11.3 Å². The van der Waals surface area contributed by atoms with Crippen molar-refractivity contribution in [2.45, 2.75) is 13.3 Å². The van der Waals surface area contributed by atoms with Crippen LogP contribution < -0.4 is 21.4 Å². The number of nitrogens with one attached hydrogen (secondary N) is 3. The van der Waals surface area contributed by atoms with Gasteiger partial charge in [0.15, 0.2) is 11.5 Å². The van der Waals surface area contributed by atoms with Gasteiger partial charge < -0.3 is 14.8 Å². The monoisotopic (exact) mass is 332 g/mol. The number of carbonyl (C=O) groups is 1. The number of ether oxygens (including phenoxy) is 1. The summed E-state index contributed by atoms with van der Waals surface area (Å²) in [6.45, 7) is 1.53. The molecule has 0 aliphatic carbocycles. The van der Waals surface area contributed by atoms with E-state index in [0.717, 1.165) is 0 Å². The molecule has 0 spiro atoms. The number of rotatable bonds is 5. The highest BCUT2D eigenvalue weighted by Crippen LogP contribution is 2.25. The zero-order valence-electron chi connectivity index (χ0n) is 13.0. The Balaban J connectivity index is 2.04. The molecule has 0 aliphatic rings. The van der Waals surface area contributed by atoms with E-state index in [-0.39, 0.29) is 23.5 Å². The highest BCUT2D eigenvalue weighted by Gasteiger charge is 2.10. The summed E-state index contributed by atoms with van der Waals surface area (Å²) in [5.41, 5.74) is 2.13. The molecule has 0 fully saturated rings. The minimum atomic E-state index is -0.624. The van der Waals surface area contributed by atoms with Crippen LogP contribution in [-0.2, 0) is 11.2 Å². The summed E-state index contributed by atoms with van der Waals surface area (Å²) in [5, 5.41) is 13.3. The van der Waals surface area contributed by atoms with Crippen LogP contribution in [0.4, 0.5) is 0 Å². The van der Waals surface area contributed by atoms with E-state index < -0.39 is 17.2 Å². The summed E-state index contributed by atoms with van der Waals surface area (Å²) < 4.78 is 4.96. The van der Waals surface area contributed by atoms with E-state index >= 15 is 0 Å². The predicted molar refractivity (Wildman–Crippen MR) is 86.5 cm³/mol. The number of nitrogens with zero attached hydrogens (tertiary/aromatic N) is 1. The average Bonchev–Trinajstić information content (AvgIpc) is 2.52. The third kappa shape index (κ3) is 4.09. The zero-order chi connectivity index (χ0) is 17.7. The minimum Gasteiger partial charge on any atom is -0.504 e. The maximum atomic E-state index is 11.8. The van der Waals surface area contributed by atoms with Gasteiger partial charge in [-0.25, -0.2) is 10.2 Å². The standard InChI is InChI=1S/C15H16N4O5/c1-8-10(14(22)18-15(23)17-8)6-13(21)19-16-7-9-3-4-11(20)12(5-9)24-2/h3-5,7,20H,6H2,1-2H3,(H,19,21)(H2,17,18,22,23)/b16-7-. The first-order chi connectivity index (χ1) is 11.4. The van der Waals surface area contributed by atoms with E-state index in [1.165, 1.54) is 26.3 Å². The number of methoxy groups -OCH3 is 1. The molecular weight excluding hydrogens is 316 g/mol. The first-order valence-electron chi connectivity index (χ1n) is 6.91. The first-order valence-corrected chi connectivity index (χ1v) is 6.91. The number of hydrogen-bond donors (Lipinski definition) is 4. The molecule has 1 amide bonds.